The third kappa shape index (κ3) is 5.57. The van der Waals surface area contributed by atoms with Gasteiger partial charge in [-0.25, -0.2) is 4.79 Å². The third-order valence-electron chi connectivity index (χ3n) is 4.29. The van der Waals surface area contributed by atoms with Crippen LogP contribution in [0.15, 0.2) is 65.7 Å². The molecule has 3 aromatic carbocycles. The average molecular weight is 501 g/mol. The zero-order valence-electron chi connectivity index (χ0n) is 16.1. The Morgan fingerprint density at radius 2 is 1.83 bits per heavy atom. The highest BCUT2D eigenvalue weighted by Gasteiger charge is 2.07. The highest BCUT2D eigenvalue weighted by atomic mass is 127. The Balaban J connectivity index is 1.70. The summed E-state index contributed by atoms with van der Waals surface area (Å²) in [5.41, 5.74) is 4.11. The standard InChI is InChI=1S/C23H20INO4/c1-15-11-19(8-9-20(15)24)25-13-17-5-10-21(22(12-17)28-2)29-14-16-3-6-18(7-4-16)23(26)27/h3-13H,14H2,1-2H3,(H,26,27). The molecular weight excluding hydrogens is 481 g/mol. The number of carboxylic acid groups (broad SMARTS) is 1. The minimum Gasteiger partial charge on any atom is -0.493 e. The lowest BCUT2D eigenvalue weighted by molar-refractivity contribution is 0.0697. The SMILES string of the molecule is COc1cc(C=Nc2ccc(I)c(C)c2)ccc1OCc1ccc(C(=O)O)cc1. The van der Waals surface area contributed by atoms with Gasteiger partial charge < -0.3 is 14.6 Å². The highest BCUT2D eigenvalue weighted by Crippen LogP contribution is 2.29. The smallest absolute Gasteiger partial charge is 0.335 e. The van der Waals surface area contributed by atoms with E-state index in [9.17, 15) is 4.79 Å². The van der Waals surface area contributed by atoms with Crippen LogP contribution in [0.4, 0.5) is 5.69 Å². The van der Waals surface area contributed by atoms with E-state index >= 15 is 0 Å². The van der Waals surface area contributed by atoms with E-state index in [1.165, 1.54) is 9.13 Å². The summed E-state index contributed by atoms with van der Waals surface area (Å²) in [7, 11) is 1.59. The number of rotatable bonds is 7. The number of aliphatic imine (C=N–C) groups is 1. The van der Waals surface area contributed by atoms with Crippen molar-refractivity contribution in [3.05, 3.63) is 86.5 Å². The molecule has 0 aliphatic carbocycles. The number of hydrogen-bond acceptors (Lipinski definition) is 4. The molecule has 0 atom stereocenters. The van der Waals surface area contributed by atoms with Crippen molar-refractivity contribution < 1.29 is 19.4 Å². The Morgan fingerprint density at radius 1 is 1.07 bits per heavy atom. The Morgan fingerprint density at radius 3 is 2.48 bits per heavy atom. The molecule has 0 saturated carbocycles. The molecule has 0 unspecified atom stereocenters. The fourth-order valence-electron chi connectivity index (χ4n) is 2.65. The molecule has 3 aromatic rings. The number of methoxy groups -OCH3 is 1. The average Bonchev–Trinajstić information content (AvgIpc) is 2.73. The van der Waals surface area contributed by atoms with Crippen molar-refractivity contribution in [2.75, 3.05) is 7.11 Å². The normalized spacial score (nSPS) is 10.9. The van der Waals surface area contributed by atoms with Gasteiger partial charge in [-0.1, -0.05) is 12.1 Å². The molecule has 0 aromatic heterocycles. The van der Waals surface area contributed by atoms with Crippen molar-refractivity contribution in [2.24, 2.45) is 4.99 Å². The number of halogens is 1. The summed E-state index contributed by atoms with van der Waals surface area (Å²) in [5, 5.41) is 8.96. The van der Waals surface area contributed by atoms with Crippen molar-refractivity contribution in [1.82, 2.24) is 0 Å². The number of ether oxygens (including phenoxy) is 2. The molecule has 0 radical (unpaired) electrons. The van der Waals surface area contributed by atoms with Crippen LogP contribution in [0.3, 0.4) is 0 Å². The maximum absolute atomic E-state index is 10.9. The Hall–Kier alpha value is -2.87. The van der Waals surface area contributed by atoms with Crippen LogP contribution in [0.1, 0.15) is 27.0 Å². The van der Waals surface area contributed by atoms with Gasteiger partial charge in [0.25, 0.3) is 0 Å². The molecule has 1 N–H and O–H groups in total. The van der Waals surface area contributed by atoms with Gasteiger partial charge >= 0.3 is 5.97 Å². The Bertz CT molecular complexity index is 1050. The lowest BCUT2D eigenvalue weighted by Crippen LogP contribution is -2.00. The largest absolute Gasteiger partial charge is 0.493 e. The highest BCUT2D eigenvalue weighted by molar-refractivity contribution is 14.1. The summed E-state index contributed by atoms with van der Waals surface area (Å²) in [6, 6.07) is 18.3. The number of nitrogens with zero attached hydrogens (tertiary/aromatic N) is 1. The molecule has 3 rings (SSSR count). The minimum atomic E-state index is -0.947. The van der Waals surface area contributed by atoms with E-state index in [0.29, 0.717) is 18.1 Å². The molecule has 0 amide bonds. The maximum Gasteiger partial charge on any atom is 0.335 e. The van der Waals surface area contributed by atoms with Crippen molar-refractivity contribution in [2.45, 2.75) is 13.5 Å². The van der Waals surface area contributed by atoms with Crippen molar-refractivity contribution in [1.29, 1.82) is 0 Å². The van der Waals surface area contributed by atoms with E-state index < -0.39 is 5.97 Å². The quantitative estimate of drug-likeness (QED) is 0.336. The lowest BCUT2D eigenvalue weighted by atomic mass is 10.1. The molecule has 0 aliphatic heterocycles. The molecular formula is C23H20INO4. The van der Waals surface area contributed by atoms with Gasteiger partial charge in [-0.2, -0.15) is 0 Å². The summed E-state index contributed by atoms with van der Waals surface area (Å²) in [5.74, 6) is 0.267. The summed E-state index contributed by atoms with van der Waals surface area (Å²) in [6.45, 7) is 2.37. The second-order valence-corrected chi connectivity index (χ2v) is 7.55. The van der Waals surface area contributed by atoms with Crippen LogP contribution < -0.4 is 9.47 Å². The van der Waals surface area contributed by atoms with Gasteiger partial charge in [0.15, 0.2) is 11.5 Å². The minimum absolute atomic E-state index is 0.248. The number of hydrogen-bond donors (Lipinski definition) is 1. The van der Waals surface area contributed by atoms with E-state index in [1.807, 2.05) is 36.4 Å². The molecule has 148 valence electrons. The first kappa shape index (κ1) is 20.9. The first-order valence-electron chi connectivity index (χ1n) is 8.89. The van der Waals surface area contributed by atoms with Gasteiger partial charge in [-0.3, -0.25) is 4.99 Å². The van der Waals surface area contributed by atoms with Crippen molar-refractivity contribution in [3.8, 4) is 11.5 Å². The molecule has 0 heterocycles. The molecule has 0 saturated heterocycles. The first-order valence-corrected chi connectivity index (χ1v) is 9.97. The van der Waals surface area contributed by atoms with Crippen LogP contribution in [0, 0.1) is 10.5 Å². The van der Waals surface area contributed by atoms with Crippen LogP contribution in [0.5, 0.6) is 11.5 Å². The predicted octanol–water partition coefficient (Wildman–Crippen LogP) is 5.64. The number of aryl methyl sites for hydroxylation is 1. The van der Waals surface area contributed by atoms with Crippen LogP contribution in [-0.4, -0.2) is 24.4 Å². The van der Waals surface area contributed by atoms with Crippen molar-refractivity contribution >= 4 is 40.5 Å². The summed E-state index contributed by atoms with van der Waals surface area (Å²) in [4.78, 5) is 15.5. The number of aromatic carboxylic acids is 1. The zero-order valence-corrected chi connectivity index (χ0v) is 18.2. The predicted molar refractivity (Wildman–Crippen MR) is 122 cm³/mol. The van der Waals surface area contributed by atoms with Gasteiger partial charge in [-0.15, -0.1) is 0 Å². The molecule has 0 fully saturated rings. The van der Waals surface area contributed by atoms with Crippen LogP contribution in [0.2, 0.25) is 0 Å². The fourth-order valence-corrected chi connectivity index (χ4v) is 2.98. The molecule has 0 bridgehead atoms. The van der Waals surface area contributed by atoms with Crippen LogP contribution in [-0.2, 0) is 6.61 Å². The third-order valence-corrected chi connectivity index (χ3v) is 5.50. The Kier molecular flexibility index (Phi) is 6.87. The molecule has 5 nitrogen and oxygen atoms in total. The molecule has 29 heavy (non-hydrogen) atoms. The summed E-state index contributed by atoms with van der Waals surface area (Å²) in [6.07, 6.45) is 1.79. The zero-order chi connectivity index (χ0) is 20.8. The van der Waals surface area contributed by atoms with Crippen molar-refractivity contribution in [3.63, 3.8) is 0 Å². The number of carbonyl (C=O) groups is 1. The summed E-state index contributed by atoms with van der Waals surface area (Å²) >= 11 is 2.30. The van der Waals surface area contributed by atoms with Crippen LogP contribution >= 0.6 is 22.6 Å². The van der Waals surface area contributed by atoms with Gasteiger partial charge in [-0.05, 0) is 94.7 Å². The van der Waals surface area contributed by atoms with Gasteiger partial charge in [0.05, 0.1) is 18.4 Å². The van der Waals surface area contributed by atoms with E-state index in [0.717, 1.165) is 16.8 Å². The maximum atomic E-state index is 10.9. The number of benzene rings is 3. The topological polar surface area (TPSA) is 68.1 Å². The van der Waals surface area contributed by atoms with E-state index in [-0.39, 0.29) is 5.56 Å². The second-order valence-electron chi connectivity index (χ2n) is 6.39. The van der Waals surface area contributed by atoms with Gasteiger partial charge in [0, 0.05) is 9.78 Å². The first-order chi connectivity index (χ1) is 14.0. The fraction of sp³-hybridized carbons (Fsp3) is 0.130. The van der Waals surface area contributed by atoms with Gasteiger partial charge in [0.1, 0.15) is 6.61 Å². The molecule has 0 aliphatic rings. The number of carboxylic acids is 1. The van der Waals surface area contributed by atoms with E-state index in [4.69, 9.17) is 14.6 Å². The molecule has 6 heteroatoms. The second kappa shape index (κ2) is 9.56. The monoisotopic (exact) mass is 501 g/mol. The lowest BCUT2D eigenvalue weighted by Gasteiger charge is -2.11. The summed E-state index contributed by atoms with van der Waals surface area (Å²) < 4.78 is 12.5. The van der Waals surface area contributed by atoms with Crippen LogP contribution in [0.25, 0.3) is 0 Å². The molecule has 0 spiro atoms. The van der Waals surface area contributed by atoms with E-state index in [2.05, 4.69) is 34.5 Å². The van der Waals surface area contributed by atoms with Gasteiger partial charge in [0.2, 0.25) is 0 Å². The Labute approximate surface area is 183 Å². The van der Waals surface area contributed by atoms with E-state index in [1.54, 1.807) is 37.6 Å².